The lowest BCUT2D eigenvalue weighted by molar-refractivity contribution is -0.136. The van der Waals surface area contributed by atoms with E-state index in [9.17, 15) is 4.79 Å². The SMILES string of the molecule is COc1ccc(C2OC[C@@H]3C4CC4C(=O)N23)cc1. The quantitative estimate of drug-likeness (QED) is 0.794. The molecule has 18 heavy (non-hydrogen) atoms. The molecule has 1 aromatic carbocycles. The Bertz CT molecular complexity index is 498. The minimum Gasteiger partial charge on any atom is -0.497 e. The number of piperidine rings is 1. The highest BCUT2D eigenvalue weighted by Crippen LogP contribution is 2.55. The van der Waals surface area contributed by atoms with E-state index in [0.29, 0.717) is 24.5 Å². The Balaban J connectivity index is 1.63. The maximum atomic E-state index is 12.2. The van der Waals surface area contributed by atoms with E-state index in [4.69, 9.17) is 9.47 Å². The zero-order valence-corrected chi connectivity index (χ0v) is 10.2. The number of ether oxygens (including phenoxy) is 2. The van der Waals surface area contributed by atoms with Gasteiger partial charge in [0.15, 0.2) is 6.23 Å². The average molecular weight is 245 g/mol. The number of amides is 1. The standard InChI is InChI=1S/C14H15NO3/c1-17-9-4-2-8(3-5-9)14-15-12(7-18-14)10-6-11(10)13(15)16/h2-5,10-12,14H,6-7H2,1H3/t10?,11?,12-,14?/m1/s1. The van der Waals surface area contributed by atoms with Gasteiger partial charge >= 0.3 is 0 Å². The molecule has 3 fully saturated rings. The maximum Gasteiger partial charge on any atom is 0.228 e. The maximum absolute atomic E-state index is 12.2. The van der Waals surface area contributed by atoms with Crippen molar-refractivity contribution in [2.75, 3.05) is 13.7 Å². The van der Waals surface area contributed by atoms with Gasteiger partial charge in [0.05, 0.1) is 19.8 Å². The predicted octanol–water partition coefficient (Wildman–Crippen LogP) is 1.57. The third-order valence-corrected chi connectivity index (χ3v) is 4.34. The van der Waals surface area contributed by atoms with Crippen molar-refractivity contribution >= 4 is 5.91 Å². The molecule has 2 saturated heterocycles. The van der Waals surface area contributed by atoms with Crippen LogP contribution in [0.3, 0.4) is 0 Å². The van der Waals surface area contributed by atoms with Crippen molar-refractivity contribution in [3.05, 3.63) is 29.8 Å². The van der Waals surface area contributed by atoms with Gasteiger partial charge in [-0.25, -0.2) is 0 Å². The van der Waals surface area contributed by atoms with E-state index in [2.05, 4.69) is 0 Å². The minimum absolute atomic E-state index is 0.193. The van der Waals surface area contributed by atoms with Crippen LogP contribution in [0.25, 0.3) is 0 Å². The molecule has 4 rings (SSSR count). The fraction of sp³-hybridized carbons (Fsp3) is 0.500. The van der Waals surface area contributed by atoms with Gasteiger partial charge in [-0.2, -0.15) is 0 Å². The van der Waals surface area contributed by atoms with Crippen molar-refractivity contribution in [3.63, 3.8) is 0 Å². The van der Waals surface area contributed by atoms with E-state index >= 15 is 0 Å². The van der Waals surface area contributed by atoms with E-state index in [1.807, 2.05) is 29.2 Å². The molecule has 4 nitrogen and oxygen atoms in total. The van der Waals surface area contributed by atoms with Crippen LogP contribution in [0.5, 0.6) is 5.75 Å². The Labute approximate surface area is 105 Å². The van der Waals surface area contributed by atoms with Crippen LogP contribution in [0.4, 0.5) is 0 Å². The summed E-state index contributed by atoms with van der Waals surface area (Å²) in [6.07, 6.45) is 0.875. The Kier molecular flexibility index (Phi) is 2.01. The molecule has 2 aliphatic heterocycles. The van der Waals surface area contributed by atoms with Crippen LogP contribution >= 0.6 is 0 Å². The van der Waals surface area contributed by atoms with Gasteiger partial charge in [-0.05, 0) is 24.5 Å². The highest BCUT2D eigenvalue weighted by atomic mass is 16.5. The van der Waals surface area contributed by atoms with Crippen molar-refractivity contribution < 1.29 is 14.3 Å². The first-order valence-corrected chi connectivity index (χ1v) is 6.37. The van der Waals surface area contributed by atoms with Crippen molar-refractivity contribution in [2.24, 2.45) is 11.8 Å². The Hall–Kier alpha value is -1.55. The van der Waals surface area contributed by atoms with Gasteiger partial charge in [0.2, 0.25) is 5.91 Å². The van der Waals surface area contributed by atoms with Crippen LogP contribution < -0.4 is 4.74 Å². The van der Waals surface area contributed by atoms with Gasteiger partial charge in [0, 0.05) is 11.5 Å². The Morgan fingerprint density at radius 2 is 2.11 bits per heavy atom. The molecule has 0 aromatic heterocycles. The van der Waals surface area contributed by atoms with E-state index in [1.165, 1.54) is 0 Å². The second-order valence-corrected chi connectivity index (χ2v) is 5.28. The first kappa shape index (κ1) is 10.4. The largest absolute Gasteiger partial charge is 0.497 e. The number of hydrogen-bond donors (Lipinski definition) is 0. The molecule has 3 aliphatic rings. The second kappa shape index (κ2) is 3.48. The summed E-state index contributed by atoms with van der Waals surface area (Å²) in [6, 6.07) is 8.09. The van der Waals surface area contributed by atoms with Crippen LogP contribution in [0.2, 0.25) is 0 Å². The Morgan fingerprint density at radius 1 is 1.33 bits per heavy atom. The third-order valence-electron chi connectivity index (χ3n) is 4.34. The fourth-order valence-corrected chi connectivity index (χ4v) is 3.27. The molecule has 4 atom stereocenters. The molecule has 0 bridgehead atoms. The molecule has 3 unspecified atom stereocenters. The minimum atomic E-state index is -0.193. The summed E-state index contributed by atoms with van der Waals surface area (Å²) in [5.41, 5.74) is 1.04. The molecule has 1 amide bonds. The summed E-state index contributed by atoms with van der Waals surface area (Å²) in [4.78, 5) is 14.1. The number of carbonyl (C=O) groups excluding carboxylic acids is 1. The van der Waals surface area contributed by atoms with Gasteiger partial charge in [-0.15, -0.1) is 0 Å². The molecule has 0 spiro atoms. The van der Waals surface area contributed by atoms with Crippen molar-refractivity contribution in [1.29, 1.82) is 0 Å². The van der Waals surface area contributed by atoms with Crippen molar-refractivity contribution in [2.45, 2.75) is 18.7 Å². The van der Waals surface area contributed by atoms with Gasteiger partial charge in [-0.1, -0.05) is 12.1 Å². The van der Waals surface area contributed by atoms with Crippen molar-refractivity contribution in [3.8, 4) is 5.75 Å². The number of hydrogen-bond acceptors (Lipinski definition) is 3. The summed E-state index contributed by atoms with van der Waals surface area (Å²) < 4.78 is 11.0. The van der Waals surface area contributed by atoms with E-state index in [1.54, 1.807) is 7.11 Å². The smallest absolute Gasteiger partial charge is 0.228 e. The highest BCUT2D eigenvalue weighted by Gasteiger charge is 2.62. The number of nitrogens with zero attached hydrogens (tertiary/aromatic N) is 1. The summed E-state index contributed by atoms with van der Waals surface area (Å²) in [5.74, 6) is 1.95. The van der Waals surface area contributed by atoms with Gasteiger partial charge < -0.3 is 14.4 Å². The third kappa shape index (κ3) is 1.27. The first-order valence-electron chi connectivity index (χ1n) is 6.37. The molecule has 2 heterocycles. The number of fused-ring (bicyclic) bond motifs is 3. The first-order chi connectivity index (χ1) is 8.79. The van der Waals surface area contributed by atoms with Crippen LogP contribution in [-0.4, -0.2) is 30.6 Å². The van der Waals surface area contributed by atoms with E-state index in [0.717, 1.165) is 17.7 Å². The monoisotopic (exact) mass is 245 g/mol. The topological polar surface area (TPSA) is 38.8 Å². The predicted molar refractivity (Wildman–Crippen MR) is 63.9 cm³/mol. The fourth-order valence-electron chi connectivity index (χ4n) is 3.27. The Morgan fingerprint density at radius 3 is 2.83 bits per heavy atom. The van der Waals surface area contributed by atoms with Crippen LogP contribution in [0, 0.1) is 11.8 Å². The van der Waals surface area contributed by atoms with Crippen LogP contribution in [0.1, 0.15) is 18.2 Å². The number of methoxy groups -OCH3 is 1. The number of carbonyl (C=O) groups is 1. The molecule has 1 aromatic rings. The molecule has 4 heteroatoms. The van der Waals surface area contributed by atoms with Crippen LogP contribution in [-0.2, 0) is 9.53 Å². The zero-order valence-electron chi connectivity index (χ0n) is 10.2. The van der Waals surface area contributed by atoms with Gasteiger partial charge in [-0.3, -0.25) is 4.79 Å². The molecule has 1 saturated carbocycles. The highest BCUT2D eigenvalue weighted by molar-refractivity contribution is 5.86. The molecule has 0 N–H and O–H groups in total. The molecule has 94 valence electrons. The summed E-state index contributed by atoms with van der Waals surface area (Å²) >= 11 is 0. The normalized spacial score (nSPS) is 36.5. The average Bonchev–Trinajstić information content (AvgIpc) is 3.00. The van der Waals surface area contributed by atoms with Crippen LogP contribution in [0.15, 0.2) is 24.3 Å². The number of benzene rings is 1. The lowest BCUT2D eigenvalue weighted by Gasteiger charge is -2.24. The van der Waals surface area contributed by atoms with Crippen molar-refractivity contribution in [1.82, 2.24) is 4.90 Å². The summed E-state index contributed by atoms with van der Waals surface area (Å²) in [5, 5.41) is 0. The van der Waals surface area contributed by atoms with Gasteiger partial charge in [0.25, 0.3) is 0 Å². The summed E-state index contributed by atoms with van der Waals surface area (Å²) in [7, 11) is 1.65. The van der Waals surface area contributed by atoms with E-state index < -0.39 is 0 Å². The van der Waals surface area contributed by atoms with Gasteiger partial charge in [0.1, 0.15) is 5.75 Å². The van der Waals surface area contributed by atoms with E-state index in [-0.39, 0.29) is 12.1 Å². The lowest BCUT2D eigenvalue weighted by Crippen LogP contribution is -2.34. The zero-order chi connectivity index (χ0) is 12.3. The molecular formula is C14H15NO3. The molecular weight excluding hydrogens is 230 g/mol. The number of rotatable bonds is 2. The molecule has 0 radical (unpaired) electrons. The summed E-state index contributed by atoms with van der Waals surface area (Å²) in [6.45, 7) is 0.684. The second-order valence-electron chi connectivity index (χ2n) is 5.28. The lowest BCUT2D eigenvalue weighted by atomic mass is 10.1. The molecule has 1 aliphatic carbocycles.